The molecule has 2 aromatic carbocycles. The largest absolute Gasteiger partial charge is 0.496 e. The second-order valence-corrected chi connectivity index (χ2v) is 9.49. The average molecular weight is 487 g/mol. The molecule has 4 rings (SSSR count). The summed E-state index contributed by atoms with van der Waals surface area (Å²) in [5, 5.41) is 0. The summed E-state index contributed by atoms with van der Waals surface area (Å²) >= 11 is 0. The molecule has 2 aliphatic rings. The third-order valence-corrected chi connectivity index (χ3v) is 6.15. The molecule has 0 saturated carbocycles. The van der Waals surface area contributed by atoms with Crippen molar-refractivity contribution in [1.82, 2.24) is 9.80 Å². The van der Waals surface area contributed by atoms with E-state index in [4.69, 9.17) is 18.9 Å². The van der Waals surface area contributed by atoms with E-state index in [1.807, 2.05) is 23.1 Å². The Balaban J connectivity index is 1.45. The number of fused-ring (bicyclic) bond motifs is 1. The van der Waals surface area contributed by atoms with Crippen LogP contribution in [-0.2, 0) is 22.6 Å². The number of halogens is 1. The van der Waals surface area contributed by atoms with Gasteiger partial charge in [-0.05, 0) is 29.7 Å². The summed E-state index contributed by atoms with van der Waals surface area (Å²) in [6.07, 6.45) is 0.288. The summed E-state index contributed by atoms with van der Waals surface area (Å²) in [6.45, 7) is 8.73. The number of carbonyl (C=O) groups excluding carboxylic acids is 1. The standard InChI is InChI=1S/C27H35FN2O5/c1-19(2)15-30(16-20-5-8-23-25(13-20)34-11-4-10-33-23)27(31)26-18-29(9-12-35-26)17-21-6-7-22(28)14-24(21)32-3/h5-8,13-14,19,26H,4,9-12,15-18H2,1-3H3. The molecule has 0 N–H and O–H groups in total. The van der Waals surface area contributed by atoms with Gasteiger partial charge in [0.15, 0.2) is 11.5 Å². The van der Waals surface area contributed by atoms with Gasteiger partial charge in [0.05, 0.1) is 26.9 Å². The Morgan fingerprint density at radius 2 is 1.94 bits per heavy atom. The monoisotopic (exact) mass is 486 g/mol. The fourth-order valence-corrected chi connectivity index (χ4v) is 4.49. The number of methoxy groups -OCH3 is 1. The molecule has 0 spiro atoms. The quantitative estimate of drug-likeness (QED) is 0.565. The lowest BCUT2D eigenvalue weighted by atomic mass is 10.1. The van der Waals surface area contributed by atoms with Crippen LogP contribution in [-0.4, -0.2) is 68.4 Å². The van der Waals surface area contributed by atoms with E-state index < -0.39 is 6.10 Å². The van der Waals surface area contributed by atoms with Crippen molar-refractivity contribution in [2.75, 3.05) is 46.6 Å². The summed E-state index contributed by atoms with van der Waals surface area (Å²) < 4.78 is 36.4. The van der Waals surface area contributed by atoms with Gasteiger partial charge in [0.25, 0.3) is 5.91 Å². The van der Waals surface area contributed by atoms with Crippen LogP contribution >= 0.6 is 0 Å². The van der Waals surface area contributed by atoms with Gasteiger partial charge in [-0.3, -0.25) is 9.69 Å². The number of hydrogen-bond donors (Lipinski definition) is 0. The highest BCUT2D eigenvalue weighted by Crippen LogP contribution is 2.31. The van der Waals surface area contributed by atoms with Crippen LogP contribution in [0, 0.1) is 11.7 Å². The summed E-state index contributed by atoms with van der Waals surface area (Å²) in [5.74, 6) is 1.93. The van der Waals surface area contributed by atoms with Gasteiger partial charge in [0.1, 0.15) is 17.7 Å². The molecule has 8 heteroatoms. The molecule has 2 aromatic rings. The van der Waals surface area contributed by atoms with E-state index in [0.717, 1.165) is 29.0 Å². The van der Waals surface area contributed by atoms with Gasteiger partial charge in [-0.1, -0.05) is 26.0 Å². The van der Waals surface area contributed by atoms with Crippen molar-refractivity contribution < 1.29 is 28.1 Å². The third kappa shape index (κ3) is 6.64. The lowest BCUT2D eigenvalue weighted by Gasteiger charge is -2.35. The minimum atomic E-state index is -0.561. The SMILES string of the molecule is COc1cc(F)ccc1CN1CCOC(C(=O)N(Cc2ccc3c(c2)OCCCO3)CC(C)C)C1. The minimum absolute atomic E-state index is 0.0263. The Bertz CT molecular complexity index is 1020. The lowest BCUT2D eigenvalue weighted by molar-refractivity contribution is -0.151. The van der Waals surface area contributed by atoms with Crippen molar-refractivity contribution in [3.8, 4) is 17.2 Å². The Hall–Kier alpha value is -2.84. The molecular formula is C27H35FN2O5. The Kier molecular flexibility index (Phi) is 8.46. The third-order valence-electron chi connectivity index (χ3n) is 6.15. The highest BCUT2D eigenvalue weighted by molar-refractivity contribution is 5.81. The van der Waals surface area contributed by atoms with Gasteiger partial charge in [-0.2, -0.15) is 0 Å². The minimum Gasteiger partial charge on any atom is -0.496 e. The highest BCUT2D eigenvalue weighted by Gasteiger charge is 2.31. The lowest BCUT2D eigenvalue weighted by Crippen LogP contribution is -2.51. The van der Waals surface area contributed by atoms with E-state index in [-0.39, 0.29) is 11.7 Å². The number of nitrogens with zero attached hydrogens (tertiary/aromatic N) is 2. The van der Waals surface area contributed by atoms with E-state index in [1.165, 1.54) is 19.2 Å². The molecule has 1 fully saturated rings. The van der Waals surface area contributed by atoms with Crippen molar-refractivity contribution in [2.45, 2.75) is 39.5 Å². The molecule has 1 atom stereocenters. The van der Waals surface area contributed by atoms with Crippen molar-refractivity contribution in [3.63, 3.8) is 0 Å². The molecule has 2 heterocycles. The maximum atomic E-state index is 13.6. The summed E-state index contributed by atoms with van der Waals surface area (Å²) in [7, 11) is 1.54. The molecular weight excluding hydrogens is 451 g/mol. The number of morpholine rings is 1. The van der Waals surface area contributed by atoms with Crippen LogP contribution in [0.1, 0.15) is 31.4 Å². The zero-order chi connectivity index (χ0) is 24.8. The molecule has 0 radical (unpaired) electrons. The van der Waals surface area contributed by atoms with Gasteiger partial charge >= 0.3 is 0 Å². The van der Waals surface area contributed by atoms with E-state index in [0.29, 0.717) is 64.2 Å². The van der Waals surface area contributed by atoms with Crippen LogP contribution in [0.15, 0.2) is 36.4 Å². The smallest absolute Gasteiger partial charge is 0.253 e. The van der Waals surface area contributed by atoms with Gasteiger partial charge in [0.2, 0.25) is 0 Å². The predicted octanol–water partition coefficient (Wildman–Crippen LogP) is 3.88. The fourth-order valence-electron chi connectivity index (χ4n) is 4.49. The zero-order valence-electron chi connectivity index (χ0n) is 20.8. The number of benzene rings is 2. The second kappa shape index (κ2) is 11.7. The first-order chi connectivity index (χ1) is 16.9. The predicted molar refractivity (Wildman–Crippen MR) is 130 cm³/mol. The number of amides is 1. The highest BCUT2D eigenvalue weighted by atomic mass is 19.1. The first-order valence-electron chi connectivity index (χ1n) is 12.3. The van der Waals surface area contributed by atoms with E-state index >= 15 is 0 Å². The molecule has 35 heavy (non-hydrogen) atoms. The van der Waals surface area contributed by atoms with Crippen molar-refractivity contribution >= 4 is 5.91 Å². The van der Waals surface area contributed by atoms with E-state index in [1.54, 1.807) is 6.07 Å². The molecule has 1 amide bonds. The molecule has 0 aliphatic carbocycles. The van der Waals surface area contributed by atoms with Crippen LogP contribution in [0.4, 0.5) is 4.39 Å². The number of carbonyl (C=O) groups is 1. The topological polar surface area (TPSA) is 60.5 Å². The van der Waals surface area contributed by atoms with Crippen LogP contribution < -0.4 is 14.2 Å². The van der Waals surface area contributed by atoms with Crippen LogP contribution in [0.25, 0.3) is 0 Å². The van der Waals surface area contributed by atoms with Gasteiger partial charge in [-0.15, -0.1) is 0 Å². The second-order valence-electron chi connectivity index (χ2n) is 9.49. The normalized spacial score (nSPS) is 18.3. The maximum Gasteiger partial charge on any atom is 0.253 e. The first kappa shape index (κ1) is 25.3. The summed E-state index contributed by atoms with van der Waals surface area (Å²) in [4.78, 5) is 17.6. The van der Waals surface area contributed by atoms with Crippen molar-refractivity contribution in [1.29, 1.82) is 0 Å². The van der Waals surface area contributed by atoms with Crippen LogP contribution in [0.3, 0.4) is 0 Å². The Morgan fingerprint density at radius 3 is 2.71 bits per heavy atom. The summed E-state index contributed by atoms with van der Waals surface area (Å²) in [6, 6.07) is 10.4. The molecule has 190 valence electrons. The molecule has 0 bridgehead atoms. The fraction of sp³-hybridized carbons (Fsp3) is 0.519. The molecule has 0 aromatic heterocycles. The van der Waals surface area contributed by atoms with Gasteiger partial charge in [0, 0.05) is 50.8 Å². The maximum absolute atomic E-state index is 13.6. The zero-order valence-corrected chi connectivity index (χ0v) is 20.8. The van der Waals surface area contributed by atoms with Crippen molar-refractivity contribution in [2.24, 2.45) is 5.92 Å². The molecule has 7 nitrogen and oxygen atoms in total. The summed E-state index contributed by atoms with van der Waals surface area (Å²) in [5.41, 5.74) is 1.88. The van der Waals surface area contributed by atoms with E-state index in [2.05, 4.69) is 18.7 Å². The number of ether oxygens (including phenoxy) is 4. The van der Waals surface area contributed by atoms with Gasteiger partial charge in [-0.25, -0.2) is 4.39 Å². The van der Waals surface area contributed by atoms with Crippen LogP contribution in [0.5, 0.6) is 17.2 Å². The van der Waals surface area contributed by atoms with Crippen LogP contribution in [0.2, 0.25) is 0 Å². The first-order valence-corrected chi connectivity index (χ1v) is 12.3. The van der Waals surface area contributed by atoms with Crippen molar-refractivity contribution in [3.05, 3.63) is 53.3 Å². The molecule has 2 aliphatic heterocycles. The number of hydrogen-bond acceptors (Lipinski definition) is 6. The Labute approximate surface area is 206 Å². The van der Waals surface area contributed by atoms with E-state index in [9.17, 15) is 9.18 Å². The Morgan fingerprint density at radius 1 is 1.14 bits per heavy atom. The van der Waals surface area contributed by atoms with Gasteiger partial charge < -0.3 is 23.8 Å². The molecule has 1 unspecified atom stereocenters. The average Bonchev–Trinajstić information content (AvgIpc) is 3.09. The number of rotatable bonds is 8. The molecule has 1 saturated heterocycles.